The first-order chi connectivity index (χ1) is 22.9. The lowest BCUT2D eigenvalue weighted by molar-refractivity contribution is -0.134. The minimum atomic E-state index is -1.38. The van der Waals surface area contributed by atoms with Crippen LogP contribution in [0.25, 0.3) is 0 Å². The zero-order valence-electron chi connectivity index (χ0n) is 26.5. The number of aliphatic carboxylic acids is 2. The Bertz CT molecular complexity index is 1680. The van der Waals surface area contributed by atoms with Gasteiger partial charge in [0.05, 0.1) is 34.4 Å². The largest absolute Gasteiger partial charge is 0.478 e. The Morgan fingerprint density at radius 3 is 1.92 bits per heavy atom. The Labute approximate surface area is 276 Å². The van der Waals surface area contributed by atoms with Gasteiger partial charge in [-0.1, -0.05) is 26.5 Å². The minimum Gasteiger partial charge on any atom is -0.478 e. The number of rotatable bonds is 19. The molecule has 0 spiro atoms. The summed E-state index contributed by atoms with van der Waals surface area (Å²) in [7, 11) is 1.80. The third-order valence-electron chi connectivity index (χ3n) is 6.69. The zero-order valence-corrected chi connectivity index (χ0v) is 26.5. The number of unbranched alkanes of at least 4 members (excludes halogenated alkanes) is 1. The van der Waals surface area contributed by atoms with Crippen molar-refractivity contribution in [1.82, 2.24) is 0 Å². The van der Waals surface area contributed by atoms with E-state index < -0.39 is 48.6 Å². The summed E-state index contributed by atoms with van der Waals surface area (Å²) in [5.74, 6) is -3.95. The second kappa shape index (κ2) is 17.7. The molecule has 0 aliphatic rings. The first-order valence-electron chi connectivity index (χ1n) is 14.7. The van der Waals surface area contributed by atoms with E-state index in [9.17, 15) is 24.0 Å². The van der Waals surface area contributed by atoms with Crippen LogP contribution in [0.3, 0.4) is 0 Å². The summed E-state index contributed by atoms with van der Waals surface area (Å²) < 4.78 is 21.8. The van der Waals surface area contributed by atoms with Gasteiger partial charge in [-0.15, -0.1) is 0 Å². The summed E-state index contributed by atoms with van der Waals surface area (Å²) in [5, 5.41) is 23.8. The molecule has 48 heavy (non-hydrogen) atoms. The number of nitrogens with one attached hydrogen (secondary N) is 2. The molecule has 0 radical (unpaired) electrons. The van der Waals surface area contributed by atoms with Gasteiger partial charge >= 0.3 is 17.9 Å². The summed E-state index contributed by atoms with van der Waals surface area (Å²) in [6, 6.07) is 16.0. The summed E-state index contributed by atoms with van der Waals surface area (Å²) in [6.45, 7) is 7.03. The zero-order chi connectivity index (χ0) is 35.2. The Kier molecular flexibility index (Phi) is 13.4. The van der Waals surface area contributed by atoms with Crippen molar-refractivity contribution in [2.75, 3.05) is 37.7 Å². The molecule has 0 heterocycles. The second-order valence-electron chi connectivity index (χ2n) is 10.3. The van der Waals surface area contributed by atoms with E-state index in [1.54, 1.807) is 43.4 Å². The number of carbonyl (C=O) groups is 5. The fourth-order valence-corrected chi connectivity index (χ4v) is 4.00. The van der Waals surface area contributed by atoms with Crippen LogP contribution in [0.2, 0.25) is 0 Å². The molecular formula is C35H36N2O11. The minimum absolute atomic E-state index is 0.0612. The van der Waals surface area contributed by atoms with Crippen molar-refractivity contribution >= 4 is 41.0 Å². The van der Waals surface area contributed by atoms with Crippen LogP contribution in [0.15, 0.2) is 85.0 Å². The van der Waals surface area contributed by atoms with Crippen molar-refractivity contribution in [3.8, 4) is 17.2 Å². The molecule has 0 fully saturated rings. The quantitative estimate of drug-likeness (QED) is 0.0390. The van der Waals surface area contributed by atoms with Crippen LogP contribution in [-0.2, 0) is 19.1 Å². The molecule has 0 aliphatic carbocycles. The van der Waals surface area contributed by atoms with Crippen molar-refractivity contribution in [3.63, 3.8) is 0 Å². The number of benzene rings is 3. The van der Waals surface area contributed by atoms with Crippen molar-refractivity contribution in [2.24, 2.45) is 0 Å². The number of ether oxygens (including phenoxy) is 4. The number of hydrogen-bond acceptors (Lipinski definition) is 10. The summed E-state index contributed by atoms with van der Waals surface area (Å²) in [5.41, 5.74) is -0.0487. The molecule has 3 rings (SSSR count). The number of ketones is 1. The monoisotopic (exact) mass is 660 g/mol. The first kappa shape index (κ1) is 36.5. The third-order valence-corrected chi connectivity index (χ3v) is 6.69. The molecule has 0 aromatic heterocycles. The van der Waals surface area contributed by atoms with E-state index in [4.69, 9.17) is 29.2 Å². The number of amides is 1. The van der Waals surface area contributed by atoms with E-state index in [0.717, 1.165) is 11.8 Å². The Morgan fingerprint density at radius 1 is 0.771 bits per heavy atom. The van der Waals surface area contributed by atoms with Gasteiger partial charge in [-0.2, -0.15) is 0 Å². The molecule has 4 N–H and O–H groups in total. The van der Waals surface area contributed by atoms with Gasteiger partial charge < -0.3 is 39.8 Å². The van der Waals surface area contributed by atoms with E-state index in [2.05, 4.69) is 23.8 Å². The highest BCUT2D eigenvalue weighted by atomic mass is 16.7. The number of hydrogen-bond donors (Lipinski definition) is 4. The number of esters is 1. The molecule has 3 aromatic rings. The van der Waals surface area contributed by atoms with Gasteiger partial charge in [0.2, 0.25) is 0 Å². The van der Waals surface area contributed by atoms with Gasteiger partial charge in [0, 0.05) is 24.8 Å². The van der Waals surface area contributed by atoms with E-state index in [0.29, 0.717) is 30.0 Å². The standard InChI is InChI=1S/C35H36N2O11/c1-5-6-7-30(38)29-16-28(35(44)46-19-22(3)34(42)43)27(17-31(29)47-20-45-18-21(2)33(40)41)32(39)37-24-10-14-26(15-11-24)48-25-12-8-23(36-4)9-13-25/h8-17,36H,2-3,5-7,18-20H2,1,4H3,(H,37,39)(H,40,41)(H,42,43). The molecule has 0 saturated carbocycles. The van der Waals surface area contributed by atoms with Gasteiger partial charge in [-0.05, 0) is 67.1 Å². The van der Waals surface area contributed by atoms with Crippen LogP contribution in [0, 0.1) is 0 Å². The Hall–Kier alpha value is -5.95. The fraction of sp³-hybridized carbons (Fsp3) is 0.229. The topological polar surface area (TPSA) is 187 Å². The maximum Gasteiger partial charge on any atom is 0.339 e. The molecule has 0 aliphatic heterocycles. The highest BCUT2D eigenvalue weighted by molar-refractivity contribution is 6.13. The molecule has 13 nitrogen and oxygen atoms in total. The molecular weight excluding hydrogens is 624 g/mol. The van der Waals surface area contributed by atoms with Gasteiger partial charge in [-0.3, -0.25) is 9.59 Å². The summed E-state index contributed by atoms with van der Waals surface area (Å²) in [4.78, 5) is 62.2. The summed E-state index contributed by atoms with van der Waals surface area (Å²) >= 11 is 0. The van der Waals surface area contributed by atoms with Crippen LogP contribution in [-0.4, -0.2) is 66.9 Å². The maximum atomic E-state index is 13.6. The highest BCUT2D eigenvalue weighted by Gasteiger charge is 2.26. The smallest absolute Gasteiger partial charge is 0.339 e. The van der Waals surface area contributed by atoms with Crippen LogP contribution < -0.4 is 20.1 Å². The predicted molar refractivity (Wildman–Crippen MR) is 176 cm³/mol. The summed E-state index contributed by atoms with van der Waals surface area (Å²) in [6.07, 6.45) is 1.31. The number of Topliss-reactive ketones (excluding diaryl/α,β-unsaturated/α-hetero) is 1. The maximum absolute atomic E-state index is 13.6. The highest BCUT2D eigenvalue weighted by Crippen LogP contribution is 2.29. The van der Waals surface area contributed by atoms with Crippen LogP contribution in [0.1, 0.15) is 57.3 Å². The predicted octanol–water partition coefficient (Wildman–Crippen LogP) is 5.94. The first-order valence-corrected chi connectivity index (χ1v) is 14.7. The number of carbonyl (C=O) groups excluding carboxylic acids is 3. The molecule has 13 heteroatoms. The second-order valence-corrected chi connectivity index (χ2v) is 10.3. The van der Waals surface area contributed by atoms with E-state index >= 15 is 0 Å². The Morgan fingerprint density at radius 2 is 1.35 bits per heavy atom. The average Bonchev–Trinajstić information content (AvgIpc) is 3.08. The number of carboxylic acids is 2. The fourth-order valence-electron chi connectivity index (χ4n) is 4.00. The van der Waals surface area contributed by atoms with Crippen LogP contribution >= 0.6 is 0 Å². The normalized spacial score (nSPS) is 10.4. The van der Waals surface area contributed by atoms with Gasteiger partial charge in [0.25, 0.3) is 5.91 Å². The van der Waals surface area contributed by atoms with Crippen molar-refractivity contribution in [1.29, 1.82) is 0 Å². The molecule has 3 aromatic carbocycles. The van der Waals surface area contributed by atoms with Gasteiger partial charge in [0.1, 0.15) is 23.9 Å². The molecule has 252 valence electrons. The van der Waals surface area contributed by atoms with E-state index in [-0.39, 0.29) is 41.0 Å². The number of carboxylic acid groups (broad SMARTS) is 2. The van der Waals surface area contributed by atoms with Gasteiger partial charge in [0.15, 0.2) is 12.6 Å². The van der Waals surface area contributed by atoms with E-state index in [1.165, 1.54) is 6.07 Å². The molecule has 0 bridgehead atoms. The third kappa shape index (κ3) is 10.6. The lowest BCUT2D eigenvalue weighted by Crippen LogP contribution is -2.21. The van der Waals surface area contributed by atoms with E-state index in [1.807, 2.05) is 19.1 Å². The van der Waals surface area contributed by atoms with Crippen molar-refractivity contribution in [3.05, 3.63) is 102 Å². The average molecular weight is 661 g/mol. The lowest BCUT2D eigenvalue weighted by Gasteiger charge is -2.17. The number of anilines is 2. The lowest BCUT2D eigenvalue weighted by atomic mass is 9.97. The van der Waals surface area contributed by atoms with Crippen molar-refractivity contribution in [2.45, 2.75) is 26.2 Å². The SMILES string of the molecule is C=C(COCOc1cc(C(=O)Nc2ccc(Oc3ccc(NC)cc3)cc2)c(C(=O)OCC(=C)C(=O)O)cc1C(=O)CCCC)C(=O)O. The Balaban J connectivity index is 1.93. The van der Waals surface area contributed by atoms with Gasteiger partial charge in [-0.25, -0.2) is 14.4 Å². The van der Waals surface area contributed by atoms with Crippen LogP contribution in [0.4, 0.5) is 11.4 Å². The van der Waals surface area contributed by atoms with Crippen LogP contribution in [0.5, 0.6) is 17.2 Å². The molecule has 0 unspecified atom stereocenters. The van der Waals surface area contributed by atoms with Crippen molar-refractivity contribution < 1.29 is 53.1 Å². The molecule has 0 saturated heterocycles. The molecule has 1 amide bonds. The molecule has 0 atom stereocenters.